The molecule has 1 aliphatic carbocycles. The standard InChI is InChI=1S/C11H12O2/c12-10-7-4-8-11(10,13)9-5-2-1-3-6-9/h1-3,5-6,13H,4,7-8H2/t11-/m1/s1. The molecule has 1 aromatic rings. The van der Waals surface area contributed by atoms with Crippen molar-refractivity contribution in [3.63, 3.8) is 0 Å². The lowest BCUT2D eigenvalue weighted by Crippen LogP contribution is -2.29. The highest BCUT2D eigenvalue weighted by atomic mass is 16.3. The number of rotatable bonds is 1. The fraction of sp³-hybridized carbons (Fsp3) is 0.364. The first-order valence-electron chi connectivity index (χ1n) is 4.55. The van der Waals surface area contributed by atoms with E-state index in [-0.39, 0.29) is 5.78 Å². The van der Waals surface area contributed by atoms with Crippen LogP contribution in [-0.2, 0) is 10.4 Å². The van der Waals surface area contributed by atoms with Gasteiger partial charge < -0.3 is 5.11 Å². The maximum Gasteiger partial charge on any atom is 0.168 e. The topological polar surface area (TPSA) is 37.3 Å². The van der Waals surface area contributed by atoms with Crippen LogP contribution < -0.4 is 0 Å². The predicted octanol–water partition coefficient (Wildman–Crippen LogP) is 1.63. The Balaban J connectivity index is 2.40. The molecule has 68 valence electrons. The normalized spacial score (nSPS) is 27.9. The van der Waals surface area contributed by atoms with Gasteiger partial charge in [0.2, 0.25) is 0 Å². The summed E-state index contributed by atoms with van der Waals surface area (Å²) in [4.78, 5) is 11.4. The number of hydrogen-bond donors (Lipinski definition) is 1. The Kier molecular flexibility index (Phi) is 1.93. The van der Waals surface area contributed by atoms with Crippen molar-refractivity contribution in [3.05, 3.63) is 35.9 Å². The second-order valence-corrected chi connectivity index (χ2v) is 3.50. The third-order valence-electron chi connectivity index (χ3n) is 2.66. The molecule has 1 fully saturated rings. The molecule has 0 aliphatic heterocycles. The number of ketones is 1. The van der Waals surface area contributed by atoms with Crippen molar-refractivity contribution in [1.29, 1.82) is 0 Å². The molecule has 1 aliphatic rings. The van der Waals surface area contributed by atoms with E-state index in [2.05, 4.69) is 0 Å². The van der Waals surface area contributed by atoms with Crippen molar-refractivity contribution < 1.29 is 9.90 Å². The molecule has 0 aromatic heterocycles. The van der Waals surface area contributed by atoms with Gasteiger partial charge in [0.05, 0.1) is 0 Å². The van der Waals surface area contributed by atoms with E-state index in [1.807, 2.05) is 30.3 Å². The molecule has 0 bridgehead atoms. The van der Waals surface area contributed by atoms with E-state index < -0.39 is 5.60 Å². The summed E-state index contributed by atoms with van der Waals surface area (Å²) in [5, 5.41) is 10.1. The van der Waals surface area contributed by atoms with Crippen LogP contribution in [0.2, 0.25) is 0 Å². The molecule has 0 unspecified atom stereocenters. The molecule has 13 heavy (non-hydrogen) atoms. The molecule has 2 nitrogen and oxygen atoms in total. The molecule has 1 saturated carbocycles. The Bertz CT molecular complexity index is 318. The van der Waals surface area contributed by atoms with Crippen molar-refractivity contribution in [2.75, 3.05) is 0 Å². The van der Waals surface area contributed by atoms with Gasteiger partial charge in [-0.05, 0) is 18.4 Å². The lowest BCUT2D eigenvalue weighted by atomic mass is 9.91. The van der Waals surface area contributed by atoms with Crippen molar-refractivity contribution in [1.82, 2.24) is 0 Å². The number of benzene rings is 1. The van der Waals surface area contributed by atoms with Crippen LogP contribution in [0.3, 0.4) is 0 Å². The Labute approximate surface area is 77.2 Å². The highest BCUT2D eigenvalue weighted by Crippen LogP contribution is 2.35. The van der Waals surface area contributed by atoms with E-state index >= 15 is 0 Å². The highest BCUT2D eigenvalue weighted by molar-refractivity contribution is 5.90. The average molecular weight is 176 g/mol. The van der Waals surface area contributed by atoms with Crippen molar-refractivity contribution >= 4 is 5.78 Å². The Morgan fingerprint density at radius 3 is 2.46 bits per heavy atom. The van der Waals surface area contributed by atoms with Crippen LogP contribution in [0.5, 0.6) is 0 Å². The van der Waals surface area contributed by atoms with E-state index in [9.17, 15) is 9.90 Å². The van der Waals surface area contributed by atoms with Crippen molar-refractivity contribution in [2.24, 2.45) is 0 Å². The van der Waals surface area contributed by atoms with Crippen molar-refractivity contribution in [2.45, 2.75) is 24.9 Å². The molecule has 0 radical (unpaired) electrons. The van der Waals surface area contributed by atoms with Crippen LogP contribution in [0.25, 0.3) is 0 Å². The van der Waals surface area contributed by atoms with Gasteiger partial charge in [0.25, 0.3) is 0 Å². The molecule has 0 saturated heterocycles. The number of carbonyl (C=O) groups is 1. The summed E-state index contributed by atoms with van der Waals surface area (Å²) < 4.78 is 0. The van der Waals surface area contributed by atoms with Gasteiger partial charge in [0.1, 0.15) is 5.60 Å². The van der Waals surface area contributed by atoms with Crippen LogP contribution in [0, 0.1) is 0 Å². The minimum absolute atomic E-state index is 0.0429. The molecule has 2 rings (SSSR count). The van der Waals surface area contributed by atoms with Gasteiger partial charge in [-0.1, -0.05) is 30.3 Å². The minimum atomic E-state index is -1.19. The lowest BCUT2D eigenvalue weighted by Gasteiger charge is -2.20. The summed E-state index contributed by atoms with van der Waals surface area (Å²) in [6.07, 6.45) is 1.87. The third-order valence-corrected chi connectivity index (χ3v) is 2.66. The fourth-order valence-corrected chi connectivity index (χ4v) is 1.87. The van der Waals surface area contributed by atoms with Gasteiger partial charge in [-0.15, -0.1) is 0 Å². The summed E-state index contributed by atoms with van der Waals surface area (Å²) in [5.41, 5.74) is -0.459. The van der Waals surface area contributed by atoms with Gasteiger partial charge in [-0.2, -0.15) is 0 Å². The first kappa shape index (κ1) is 8.45. The van der Waals surface area contributed by atoms with Gasteiger partial charge >= 0.3 is 0 Å². The SMILES string of the molecule is O=C1CCC[C@@]1(O)c1ccccc1. The Morgan fingerprint density at radius 1 is 1.23 bits per heavy atom. The largest absolute Gasteiger partial charge is 0.377 e. The Morgan fingerprint density at radius 2 is 1.92 bits per heavy atom. The van der Waals surface area contributed by atoms with E-state index in [0.29, 0.717) is 12.8 Å². The van der Waals surface area contributed by atoms with E-state index in [1.54, 1.807) is 0 Å². The first-order valence-corrected chi connectivity index (χ1v) is 4.55. The monoisotopic (exact) mass is 176 g/mol. The number of hydrogen-bond acceptors (Lipinski definition) is 2. The van der Waals surface area contributed by atoms with Crippen LogP contribution in [-0.4, -0.2) is 10.9 Å². The van der Waals surface area contributed by atoms with E-state index in [4.69, 9.17) is 0 Å². The molecular formula is C11H12O2. The molecule has 0 spiro atoms. The third kappa shape index (κ3) is 1.27. The molecule has 1 atom stereocenters. The smallest absolute Gasteiger partial charge is 0.168 e. The van der Waals surface area contributed by atoms with Gasteiger partial charge in [0.15, 0.2) is 5.78 Å². The highest BCUT2D eigenvalue weighted by Gasteiger charge is 2.41. The maximum absolute atomic E-state index is 11.4. The van der Waals surface area contributed by atoms with Crippen LogP contribution in [0.15, 0.2) is 30.3 Å². The summed E-state index contributed by atoms with van der Waals surface area (Å²) in [5.74, 6) is -0.0429. The molecule has 0 amide bonds. The Hall–Kier alpha value is -1.15. The molecule has 1 aromatic carbocycles. The van der Waals surface area contributed by atoms with E-state index in [1.165, 1.54) is 0 Å². The van der Waals surface area contributed by atoms with Crippen molar-refractivity contribution in [3.8, 4) is 0 Å². The number of carbonyl (C=O) groups excluding carboxylic acids is 1. The van der Waals surface area contributed by atoms with Gasteiger partial charge in [-0.25, -0.2) is 0 Å². The number of Topliss-reactive ketones (excluding diaryl/α,β-unsaturated/α-hetero) is 1. The predicted molar refractivity (Wildman–Crippen MR) is 49.2 cm³/mol. The summed E-state index contributed by atoms with van der Waals surface area (Å²) in [6, 6.07) is 9.19. The second-order valence-electron chi connectivity index (χ2n) is 3.50. The van der Waals surface area contributed by atoms with Crippen LogP contribution >= 0.6 is 0 Å². The molecule has 2 heteroatoms. The molecule has 0 heterocycles. The zero-order chi connectivity index (χ0) is 9.31. The summed E-state index contributed by atoms with van der Waals surface area (Å²) in [6.45, 7) is 0. The first-order chi connectivity index (χ1) is 6.23. The molecule has 1 N–H and O–H groups in total. The van der Waals surface area contributed by atoms with Crippen LogP contribution in [0.4, 0.5) is 0 Å². The summed E-state index contributed by atoms with van der Waals surface area (Å²) in [7, 11) is 0. The van der Waals surface area contributed by atoms with Crippen LogP contribution in [0.1, 0.15) is 24.8 Å². The summed E-state index contributed by atoms with van der Waals surface area (Å²) >= 11 is 0. The fourth-order valence-electron chi connectivity index (χ4n) is 1.87. The molecular weight excluding hydrogens is 164 g/mol. The quantitative estimate of drug-likeness (QED) is 0.706. The zero-order valence-corrected chi connectivity index (χ0v) is 7.36. The lowest BCUT2D eigenvalue weighted by molar-refractivity contribution is -0.134. The van der Waals surface area contributed by atoms with E-state index in [0.717, 1.165) is 12.0 Å². The maximum atomic E-state index is 11.4. The average Bonchev–Trinajstić information content (AvgIpc) is 2.50. The second kappa shape index (κ2) is 2.96. The minimum Gasteiger partial charge on any atom is -0.377 e. The zero-order valence-electron chi connectivity index (χ0n) is 7.36. The van der Waals surface area contributed by atoms with Gasteiger partial charge in [-0.3, -0.25) is 4.79 Å². The number of aliphatic hydroxyl groups is 1. The van der Waals surface area contributed by atoms with Gasteiger partial charge in [0, 0.05) is 6.42 Å².